The Labute approximate surface area is 188 Å². The fourth-order valence-electron chi connectivity index (χ4n) is 3.08. The summed E-state index contributed by atoms with van der Waals surface area (Å²) in [6.07, 6.45) is 3.02. The van der Waals surface area contributed by atoms with E-state index in [4.69, 9.17) is 9.47 Å². The number of carbonyl (C=O) groups excluding carboxylic acids is 2. The number of aliphatic carboxylic acids is 1. The van der Waals surface area contributed by atoms with Gasteiger partial charge in [0, 0.05) is 6.42 Å². The number of ether oxygens (including phenoxy) is 2. The molecule has 0 aromatic heterocycles. The molecule has 174 valence electrons. The molecule has 0 saturated heterocycles. The maximum Gasteiger partial charge on any atom is 0.326 e. The molecule has 1 rings (SSSR count). The zero-order chi connectivity index (χ0) is 23.4. The predicted octanol–water partition coefficient (Wildman–Crippen LogP) is 2.11. The van der Waals surface area contributed by atoms with Crippen molar-refractivity contribution < 1.29 is 29.0 Å². The number of thioether (sulfide) groups is 1. The summed E-state index contributed by atoms with van der Waals surface area (Å²) in [7, 11) is 2.86. The number of methoxy groups -OCH3 is 2. The number of hydrogen-bond acceptors (Lipinski definition) is 7. The molecule has 31 heavy (non-hydrogen) atoms. The average Bonchev–Trinajstić information content (AvgIpc) is 2.74. The van der Waals surface area contributed by atoms with Crippen molar-refractivity contribution in [2.24, 2.45) is 5.92 Å². The van der Waals surface area contributed by atoms with Crippen LogP contribution in [-0.2, 0) is 25.5 Å². The number of hydrogen-bond donors (Lipinski definition) is 3. The van der Waals surface area contributed by atoms with E-state index in [1.165, 1.54) is 7.11 Å². The second-order valence-corrected chi connectivity index (χ2v) is 8.64. The van der Waals surface area contributed by atoms with Crippen LogP contribution in [0.4, 0.5) is 0 Å². The van der Waals surface area contributed by atoms with Gasteiger partial charge in [-0.2, -0.15) is 11.8 Å². The summed E-state index contributed by atoms with van der Waals surface area (Å²) < 4.78 is 9.98. The van der Waals surface area contributed by atoms with E-state index < -0.39 is 36.0 Å². The fraction of sp³-hybridized carbons (Fsp3) is 0.591. The monoisotopic (exact) mass is 454 g/mol. The van der Waals surface area contributed by atoms with Crippen LogP contribution < -0.4 is 15.4 Å². The van der Waals surface area contributed by atoms with Gasteiger partial charge in [0.05, 0.1) is 20.3 Å². The Morgan fingerprint density at radius 2 is 1.71 bits per heavy atom. The molecule has 0 aliphatic rings. The van der Waals surface area contributed by atoms with Crippen molar-refractivity contribution >= 4 is 29.6 Å². The number of esters is 1. The van der Waals surface area contributed by atoms with E-state index in [1.807, 2.05) is 20.1 Å². The molecule has 1 amide bonds. The Morgan fingerprint density at radius 1 is 1.06 bits per heavy atom. The topological polar surface area (TPSA) is 114 Å². The van der Waals surface area contributed by atoms with E-state index in [1.54, 1.807) is 43.1 Å². The standard InChI is InChI=1S/C22H34N2O6S/c1-14(2)12-18(23-17(10-11-31-5)22(28)30-4)20(25)24-19(21(26)27)13-15-6-8-16(29-3)9-7-15/h6-9,14,17-19,23H,10-13H2,1-5H3,(H,24,25)(H,26,27)/t17-,18+,19+/m1/s1. The van der Waals surface area contributed by atoms with Crippen molar-refractivity contribution in [1.82, 2.24) is 10.6 Å². The molecule has 9 heteroatoms. The second kappa shape index (κ2) is 13.9. The quantitative estimate of drug-likeness (QED) is 0.366. The Hall–Kier alpha value is -2.26. The van der Waals surface area contributed by atoms with Crippen molar-refractivity contribution in [2.75, 3.05) is 26.2 Å². The number of benzene rings is 1. The van der Waals surface area contributed by atoms with E-state index in [9.17, 15) is 19.5 Å². The first-order chi connectivity index (χ1) is 14.7. The molecule has 0 saturated carbocycles. The Bertz CT molecular complexity index is 710. The minimum absolute atomic E-state index is 0.131. The summed E-state index contributed by atoms with van der Waals surface area (Å²) in [5.41, 5.74) is 0.759. The van der Waals surface area contributed by atoms with Gasteiger partial charge in [0.1, 0.15) is 17.8 Å². The molecule has 0 radical (unpaired) electrons. The molecular formula is C22H34N2O6S. The lowest BCUT2D eigenvalue weighted by atomic mass is 10.00. The van der Waals surface area contributed by atoms with Gasteiger partial charge in [0.15, 0.2) is 0 Å². The molecule has 3 atom stereocenters. The van der Waals surface area contributed by atoms with Crippen LogP contribution in [0.2, 0.25) is 0 Å². The molecule has 0 unspecified atom stereocenters. The lowest BCUT2D eigenvalue weighted by molar-refractivity contribution is -0.145. The lowest BCUT2D eigenvalue weighted by Crippen LogP contribution is -2.55. The van der Waals surface area contributed by atoms with Crippen LogP contribution in [0, 0.1) is 5.92 Å². The number of carbonyl (C=O) groups is 3. The third-order valence-corrected chi connectivity index (χ3v) is 5.38. The normalized spacial score (nSPS) is 13.9. The zero-order valence-electron chi connectivity index (χ0n) is 18.8. The third-order valence-electron chi connectivity index (χ3n) is 4.74. The van der Waals surface area contributed by atoms with Gasteiger partial charge in [-0.1, -0.05) is 26.0 Å². The molecule has 0 aliphatic heterocycles. The number of carboxylic acids is 1. The minimum atomic E-state index is -1.13. The largest absolute Gasteiger partial charge is 0.497 e. The summed E-state index contributed by atoms with van der Waals surface area (Å²) in [6.45, 7) is 3.92. The molecule has 0 fully saturated rings. The molecule has 0 aliphatic carbocycles. The molecule has 0 bridgehead atoms. The summed E-state index contributed by atoms with van der Waals surface area (Å²) >= 11 is 1.59. The third kappa shape index (κ3) is 9.61. The highest BCUT2D eigenvalue weighted by atomic mass is 32.2. The van der Waals surface area contributed by atoms with Crippen LogP contribution >= 0.6 is 11.8 Å². The van der Waals surface area contributed by atoms with Gasteiger partial charge in [-0.05, 0) is 48.5 Å². The van der Waals surface area contributed by atoms with Crippen molar-refractivity contribution in [1.29, 1.82) is 0 Å². The van der Waals surface area contributed by atoms with Crippen LogP contribution in [0.3, 0.4) is 0 Å². The highest BCUT2D eigenvalue weighted by Crippen LogP contribution is 2.14. The van der Waals surface area contributed by atoms with Crippen molar-refractivity contribution in [3.8, 4) is 5.75 Å². The molecular weight excluding hydrogens is 420 g/mol. The van der Waals surface area contributed by atoms with Gasteiger partial charge in [-0.25, -0.2) is 4.79 Å². The number of amides is 1. The molecule has 8 nitrogen and oxygen atoms in total. The number of rotatable bonds is 14. The van der Waals surface area contributed by atoms with Gasteiger partial charge < -0.3 is 19.9 Å². The average molecular weight is 455 g/mol. The first kappa shape index (κ1) is 26.8. The van der Waals surface area contributed by atoms with Crippen LogP contribution in [0.15, 0.2) is 24.3 Å². The van der Waals surface area contributed by atoms with Crippen LogP contribution in [0.1, 0.15) is 32.3 Å². The maximum atomic E-state index is 13.0. The fourth-order valence-corrected chi connectivity index (χ4v) is 3.55. The molecule has 3 N–H and O–H groups in total. The van der Waals surface area contributed by atoms with Crippen LogP contribution in [0.5, 0.6) is 5.75 Å². The van der Waals surface area contributed by atoms with E-state index in [0.29, 0.717) is 18.6 Å². The van der Waals surface area contributed by atoms with Gasteiger partial charge in [-0.3, -0.25) is 14.9 Å². The van der Waals surface area contributed by atoms with E-state index >= 15 is 0 Å². The summed E-state index contributed by atoms with van der Waals surface area (Å²) in [4.78, 5) is 36.9. The Morgan fingerprint density at radius 3 is 2.19 bits per heavy atom. The highest BCUT2D eigenvalue weighted by molar-refractivity contribution is 7.98. The van der Waals surface area contributed by atoms with Gasteiger partial charge in [-0.15, -0.1) is 0 Å². The Kier molecular flexibility index (Phi) is 12.0. The van der Waals surface area contributed by atoms with Gasteiger partial charge in [0.25, 0.3) is 0 Å². The van der Waals surface area contributed by atoms with E-state index in [-0.39, 0.29) is 12.3 Å². The van der Waals surface area contributed by atoms with Crippen molar-refractivity contribution in [2.45, 2.75) is 51.2 Å². The SMILES string of the molecule is COC(=O)[C@@H](CCSC)N[C@@H](CC(C)C)C(=O)N[C@@H](Cc1ccc(OC)cc1)C(=O)O. The summed E-state index contributed by atoms with van der Waals surface area (Å²) in [5.74, 6) is -0.472. The van der Waals surface area contributed by atoms with Crippen molar-refractivity contribution in [3.05, 3.63) is 29.8 Å². The molecule has 0 spiro atoms. The number of carboxylic acid groups (broad SMARTS) is 1. The molecule has 1 aromatic carbocycles. The summed E-state index contributed by atoms with van der Waals surface area (Å²) in [6, 6.07) is 4.55. The van der Waals surface area contributed by atoms with Crippen molar-refractivity contribution in [3.63, 3.8) is 0 Å². The Balaban J connectivity index is 2.94. The second-order valence-electron chi connectivity index (χ2n) is 7.66. The highest BCUT2D eigenvalue weighted by Gasteiger charge is 2.30. The summed E-state index contributed by atoms with van der Waals surface area (Å²) in [5, 5.41) is 15.3. The molecule has 0 heterocycles. The first-order valence-corrected chi connectivity index (χ1v) is 11.6. The van der Waals surface area contributed by atoms with Crippen LogP contribution in [0.25, 0.3) is 0 Å². The first-order valence-electron chi connectivity index (χ1n) is 10.2. The molecule has 1 aromatic rings. The lowest BCUT2D eigenvalue weighted by Gasteiger charge is -2.26. The van der Waals surface area contributed by atoms with Crippen LogP contribution in [-0.4, -0.2) is 67.3 Å². The van der Waals surface area contributed by atoms with Gasteiger partial charge in [0.2, 0.25) is 5.91 Å². The van der Waals surface area contributed by atoms with E-state index in [0.717, 1.165) is 11.3 Å². The zero-order valence-corrected chi connectivity index (χ0v) is 19.7. The predicted molar refractivity (Wildman–Crippen MR) is 121 cm³/mol. The smallest absolute Gasteiger partial charge is 0.326 e. The van der Waals surface area contributed by atoms with E-state index in [2.05, 4.69) is 10.6 Å². The van der Waals surface area contributed by atoms with Gasteiger partial charge >= 0.3 is 11.9 Å². The number of nitrogens with one attached hydrogen (secondary N) is 2. The minimum Gasteiger partial charge on any atom is -0.497 e. The maximum absolute atomic E-state index is 13.0.